The van der Waals surface area contributed by atoms with Gasteiger partial charge in [-0.3, -0.25) is 9.69 Å². The number of aryl methyl sites for hydroxylation is 1. The number of phenols is 1. The molecule has 42 heavy (non-hydrogen) atoms. The van der Waals surface area contributed by atoms with Gasteiger partial charge in [0.15, 0.2) is 5.78 Å². The Morgan fingerprint density at radius 3 is 2.31 bits per heavy atom. The largest absolute Gasteiger partial charge is 0.508 e. The number of allylic oxidation sites excluding steroid dienone is 2. The van der Waals surface area contributed by atoms with Crippen molar-refractivity contribution in [3.63, 3.8) is 0 Å². The van der Waals surface area contributed by atoms with E-state index in [4.69, 9.17) is 21.4 Å². The third kappa shape index (κ3) is 6.91. The molecule has 2 N–H and O–H groups in total. The van der Waals surface area contributed by atoms with E-state index in [1.165, 1.54) is 37.9 Å². The molecule has 1 fully saturated rings. The fraction of sp³-hybridized carbons (Fsp3) is 0.417. The summed E-state index contributed by atoms with van der Waals surface area (Å²) in [5, 5.41) is 17.9. The Hall–Kier alpha value is -3.12. The smallest absolute Gasteiger partial charge is 0.163 e. The number of Topliss-reactive ketones (excluding diaryl/α,β-unsaturated/α-hetero) is 1. The number of hydrogen-bond acceptors (Lipinski definition) is 5. The zero-order chi connectivity index (χ0) is 28.8. The number of likely N-dealkylation sites (tertiary alicyclic amines) is 1. The lowest BCUT2D eigenvalue weighted by Gasteiger charge is -2.45. The van der Waals surface area contributed by atoms with E-state index in [-0.39, 0.29) is 24.4 Å². The molecule has 1 unspecified atom stereocenters. The molecule has 1 heterocycles. The van der Waals surface area contributed by atoms with Crippen LogP contribution in [-0.2, 0) is 17.6 Å². The minimum atomic E-state index is -0.148. The lowest BCUT2D eigenvalue weighted by molar-refractivity contribution is -0.114. The molecule has 3 aromatic rings. The minimum absolute atomic E-state index is 0. The molecule has 0 radical (unpaired) electrons. The summed E-state index contributed by atoms with van der Waals surface area (Å²) in [6.45, 7) is 3.95. The number of carbonyl (C=O) groups is 1. The number of hydrogen-bond donors (Lipinski definition) is 2. The van der Waals surface area contributed by atoms with E-state index in [1.807, 2.05) is 48.5 Å². The fourth-order valence-electron chi connectivity index (χ4n) is 6.84. The van der Waals surface area contributed by atoms with Crippen LogP contribution in [0.2, 0.25) is 5.02 Å². The normalized spacial score (nSPS) is 20.0. The lowest BCUT2D eigenvalue weighted by Crippen LogP contribution is -2.35. The number of ether oxygens (including phenoxy) is 1. The predicted octanol–water partition coefficient (Wildman–Crippen LogP) is 7.60. The Morgan fingerprint density at radius 1 is 0.905 bits per heavy atom. The van der Waals surface area contributed by atoms with Gasteiger partial charge >= 0.3 is 0 Å². The van der Waals surface area contributed by atoms with Gasteiger partial charge in [0.2, 0.25) is 0 Å². The Morgan fingerprint density at radius 2 is 1.60 bits per heavy atom. The van der Waals surface area contributed by atoms with E-state index < -0.39 is 0 Å². The molecule has 3 aromatic carbocycles. The molecule has 1 aliphatic heterocycles. The minimum Gasteiger partial charge on any atom is -0.508 e. The number of aromatic hydroxyl groups is 1. The number of carbonyl (C=O) groups excluding carboxylic acids is 1. The molecule has 0 aromatic heterocycles. The Labute approximate surface area is 255 Å². The average Bonchev–Trinajstić information content (AvgIpc) is 3.01. The van der Waals surface area contributed by atoms with Gasteiger partial charge in [0.05, 0.1) is 0 Å². The molecular weight excluding hydrogens is 546 g/mol. The number of aliphatic hydroxyl groups is 1. The van der Waals surface area contributed by atoms with Crippen molar-refractivity contribution in [3.8, 4) is 11.5 Å². The van der Waals surface area contributed by atoms with Crippen LogP contribution in [0, 0.1) is 5.41 Å². The summed E-state index contributed by atoms with van der Waals surface area (Å²) in [6, 6.07) is 21.8. The van der Waals surface area contributed by atoms with Crippen molar-refractivity contribution in [1.82, 2.24) is 4.90 Å². The van der Waals surface area contributed by atoms with Gasteiger partial charge < -0.3 is 14.9 Å². The van der Waals surface area contributed by atoms with Crippen molar-refractivity contribution in [1.29, 1.82) is 0 Å². The van der Waals surface area contributed by atoms with Crippen LogP contribution in [0.1, 0.15) is 68.2 Å². The first-order chi connectivity index (χ1) is 20.0. The van der Waals surface area contributed by atoms with Gasteiger partial charge in [-0.05, 0) is 116 Å². The van der Waals surface area contributed by atoms with Crippen LogP contribution in [0.5, 0.6) is 11.5 Å². The van der Waals surface area contributed by atoms with E-state index >= 15 is 0 Å². The number of fused-ring (bicyclic) bond motifs is 3. The Bertz CT molecular complexity index is 1380. The molecule has 5 nitrogen and oxygen atoms in total. The number of rotatable bonds is 7. The number of phenolic OH excluding ortho intramolecular Hbond substituents is 1. The quantitative estimate of drug-likeness (QED) is 0.297. The first kappa shape index (κ1) is 31.8. The maximum Gasteiger partial charge on any atom is 0.163 e. The van der Waals surface area contributed by atoms with Gasteiger partial charge in [-0.15, -0.1) is 0 Å². The number of piperidine rings is 1. The summed E-state index contributed by atoms with van der Waals surface area (Å²) in [5.74, 6) is 1.30. The summed E-state index contributed by atoms with van der Waals surface area (Å²) < 4.78 is 6.08. The molecule has 224 valence electrons. The van der Waals surface area contributed by atoms with Gasteiger partial charge in [-0.25, -0.2) is 0 Å². The van der Waals surface area contributed by atoms with Crippen LogP contribution < -0.4 is 4.74 Å². The van der Waals surface area contributed by atoms with Crippen molar-refractivity contribution in [3.05, 3.63) is 94.0 Å². The maximum absolute atomic E-state index is 13.6. The molecule has 1 atom stereocenters. The third-order valence-electron chi connectivity index (χ3n) is 8.84. The first-order valence-corrected chi connectivity index (χ1v) is 15.1. The molecule has 6 heteroatoms. The predicted molar refractivity (Wildman–Crippen MR) is 172 cm³/mol. The van der Waals surface area contributed by atoms with Crippen molar-refractivity contribution in [2.24, 2.45) is 5.41 Å². The second kappa shape index (κ2) is 14.4. The summed E-state index contributed by atoms with van der Waals surface area (Å²) in [7, 11) is 1.00. The first-order valence-electron chi connectivity index (χ1n) is 14.8. The zero-order valence-corrected chi connectivity index (χ0v) is 24.6. The molecular formula is C36H44ClNO4. The summed E-state index contributed by atoms with van der Waals surface area (Å²) in [4.78, 5) is 16.1. The van der Waals surface area contributed by atoms with E-state index in [1.54, 1.807) is 6.07 Å². The number of ketones is 1. The molecule has 0 spiro atoms. The van der Waals surface area contributed by atoms with Crippen molar-refractivity contribution < 1.29 is 19.7 Å². The molecule has 3 aliphatic rings. The van der Waals surface area contributed by atoms with Crippen molar-refractivity contribution in [2.45, 2.75) is 58.8 Å². The molecule has 0 amide bonds. The Kier molecular flexibility index (Phi) is 10.9. The standard InChI is InChI=1S/C34H36ClNO3.CH4O.CH4/c35-27-8-4-24(5-9-27)23-34-16-14-26-22-28(37)10-13-30(26)33(34)32(31(38)15-17-34)25-6-11-29(12-7-25)39-21-20-36-18-2-1-3-19-36;1-2;/h4-13,22,37H,1-3,14-21,23H2;2H,1H3;1H4. The number of aliphatic hydroxyl groups excluding tert-OH is 1. The van der Waals surface area contributed by atoms with Crippen molar-refractivity contribution in [2.75, 3.05) is 33.4 Å². The molecule has 0 bridgehead atoms. The Balaban J connectivity index is 0.00000132. The second-order valence-electron chi connectivity index (χ2n) is 11.4. The summed E-state index contributed by atoms with van der Waals surface area (Å²) in [6.07, 6.45) is 7.93. The van der Waals surface area contributed by atoms with Crippen LogP contribution in [-0.4, -0.2) is 54.2 Å². The highest BCUT2D eigenvalue weighted by Crippen LogP contribution is 2.56. The molecule has 1 saturated heterocycles. The van der Waals surface area contributed by atoms with Crippen LogP contribution >= 0.6 is 11.6 Å². The van der Waals surface area contributed by atoms with Gasteiger partial charge in [0, 0.05) is 36.1 Å². The highest BCUT2D eigenvalue weighted by molar-refractivity contribution is 6.30. The van der Waals surface area contributed by atoms with Crippen LogP contribution in [0.25, 0.3) is 11.1 Å². The van der Waals surface area contributed by atoms with E-state index in [0.717, 1.165) is 77.9 Å². The third-order valence-corrected chi connectivity index (χ3v) is 9.10. The average molecular weight is 590 g/mol. The van der Waals surface area contributed by atoms with Crippen molar-refractivity contribution >= 4 is 28.5 Å². The summed E-state index contributed by atoms with van der Waals surface area (Å²) >= 11 is 6.19. The zero-order valence-electron chi connectivity index (χ0n) is 23.9. The van der Waals surface area contributed by atoms with E-state index in [0.29, 0.717) is 13.0 Å². The highest BCUT2D eigenvalue weighted by atomic mass is 35.5. The molecule has 6 rings (SSSR count). The highest BCUT2D eigenvalue weighted by Gasteiger charge is 2.45. The van der Waals surface area contributed by atoms with Gasteiger partial charge in [-0.2, -0.15) is 0 Å². The van der Waals surface area contributed by atoms with Crippen LogP contribution in [0.4, 0.5) is 0 Å². The summed E-state index contributed by atoms with van der Waals surface area (Å²) in [5.41, 5.74) is 6.18. The topological polar surface area (TPSA) is 70.0 Å². The van der Waals surface area contributed by atoms with Gasteiger partial charge in [0.25, 0.3) is 0 Å². The number of nitrogens with zero attached hydrogens (tertiary/aromatic N) is 1. The molecule has 2 aliphatic carbocycles. The van der Waals surface area contributed by atoms with Gasteiger partial charge in [-0.1, -0.05) is 55.8 Å². The number of benzene rings is 3. The molecule has 0 saturated carbocycles. The second-order valence-corrected chi connectivity index (χ2v) is 11.8. The fourth-order valence-corrected chi connectivity index (χ4v) is 6.97. The maximum atomic E-state index is 13.6. The van der Waals surface area contributed by atoms with Crippen LogP contribution in [0.3, 0.4) is 0 Å². The van der Waals surface area contributed by atoms with Gasteiger partial charge in [0.1, 0.15) is 18.1 Å². The van der Waals surface area contributed by atoms with E-state index in [9.17, 15) is 9.90 Å². The number of halogens is 1. The monoisotopic (exact) mass is 589 g/mol. The lowest BCUT2D eigenvalue weighted by atomic mass is 9.58. The SMILES string of the molecule is C.CO.O=C1CCC2(Cc3ccc(Cl)cc3)CCc3cc(O)ccc3C2=C1c1ccc(OCCN2CCCCC2)cc1. The van der Waals surface area contributed by atoms with E-state index in [2.05, 4.69) is 17.0 Å². The van der Waals surface area contributed by atoms with Crippen LogP contribution in [0.15, 0.2) is 66.7 Å².